The number of halogens is 1. The van der Waals surface area contributed by atoms with E-state index < -0.39 is 0 Å². The van der Waals surface area contributed by atoms with Crippen LogP contribution in [0.2, 0.25) is 0 Å². The predicted molar refractivity (Wildman–Crippen MR) is 82.1 cm³/mol. The average molecular weight is 337 g/mol. The van der Waals surface area contributed by atoms with E-state index in [2.05, 4.69) is 26.6 Å². The number of amides is 2. The fraction of sp³-hybridized carbons (Fsp3) is 0.333. The summed E-state index contributed by atoms with van der Waals surface area (Å²) in [7, 11) is 0. The molecule has 0 atom stereocenters. The first-order chi connectivity index (χ1) is 9.54. The van der Waals surface area contributed by atoms with E-state index in [1.807, 2.05) is 25.1 Å². The molecule has 1 aromatic carbocycles. The summed E-state index contributed by atoms with van der Waals surface area (Å²) < 4.78 is 0.938. The highest BCUT2D eigenvalue weighted by atomic mass is 79.9. The van der Waals surface area contributed by atoms with Crippen LogP contribution in [0, 0.1) is 6.92 Å². The number of hydrogen-bond donors (Lipinski definition) is 2. The molecule has 1 aromatic rings. The Morgan fingerprint density at radius 2 is 2.15 bits per heavy atom. The normalized spacial score (nSPS) is 14.3. The lowest BCUT2D eigenvalue weighted by Gasteiger charge is -2.03. The number of rotatable bonds is 5. The molecule has 0 aliphatic heterocycles. The largest absolute Gasteiger partial charge is 0.352 e. The van der Waals surface area contributed by atoms with Gasteiger partial charge in [0.2, 0.25) is 11.8 Å². The standard InChI is InChI=1S/C15H17BrN2O2/c1-10-2-3-11(13(16)8-10)4-7-14(19)17-9-15(20)18-12-5-6-12/h2-4,7-8,12H,5-6,9H2,1H3,(H,17,19)(H,18,20)/b7-4+. The lowest BCUT2D eigenvalue weighted by Crippen LogP contribution is -2.37. The lowest BCUT2D eigenvalue weighted by molar-refractivity contribution is -0.124. The molecule has 1 aliphatic rings. The first-order valence-electron chi connectivity index (χ1n) is 6.56. The zero-order chi connectivity index (χ0) is 14.5. The van der Waals surface area contributed by atoms with E-state index in [-0.39, 0.29) is 18.4 Å². The summed E-state index contributed by atoms with van der Waals surface area (Å²) in [6, 6.07) is 6.22. The second kappa shape index (κ2) is 6.70. The monoisotopic (exact) mass is 336 g/mol. The van der Waals surface area contributed by atoms with Gasteiger partial charge in [0, 0.05) is 16.6 Å². The van der Waals surface area contributed by atoms with Gasteiger partial charge in [0.05, 0.1) is 6.54 Å². The van der Waals surface area contributed by atoms with Gasteiger partial charge in [-0.1, -0.05) is 28.1 Å². The SMILES string of the molecule is Cc1ccc(/C=C/C(=O)NCC(=O)NC2CC2)c(Br)c1. The summed E-state index contributed by atoms with van der Waals surface area (Å²) in [5.74, 6) is -0.408. The Bertz CT molecular complexity index is 551. The number of benzene rings is 1. The van der Waals surface area contributed by atoms with Crippen molar-refractivity contribution in [3.8, 4) is 0 Å². The predicted octanol–water partition coefficient (Wildman–Crippen LogP) is 2.17. The van der Waals surface area contributed by atoms with Gasteiger partial charge in [-0.25, -0.2) is 0 Å². The highest BCUT2D eigenvalue weighted by molar-refractivity contribution is 9.10. The van der Waals surface area contributed by atoms with Crippen molar-refractivity contribution >= 4 is 33.8 Å². The van der Waals surface area contributed by atoms with Gasteiger partial charge in [-0.15, -0.1) is 0 Å². The average Bonchev–Trinajstić information content (AvgIpc) is 3.19. The molecular weight excluding hydrogens is 320 g/mol. The summed E-state index contributed by atoms with van der Waals surface area (Å²) in [4.78, 5) is 23.0. The van der Waals surface area contributed by atoms with Crippen molar-refractivity contribution in [2.24, 2.45) is 0 Å². The van der Waals surface area contributed by atoms with Crippen molar-refractivity contribution < 1.29 is 9.59 Å². The highest BCUT2D eigenvalue weighted by Gasteiger charge is 2.22. The van der Waals surface area contributed by atoms with Crippen LogP contribution in [-0.4, -0.2) is 24.4 Å². The van der Waals surface area contributed by atoms with Gasteiger partial charge < -0.3 is 10.6 Å². The van der Waals surface area contributed by atoms with Gasteiger partial charge in [-0.05, 0) is 43.0 Å². The first kappa shape index (κ1) is 14.8. The maximum Gasteiger partial charge on any atom is 0.244 e. The molecular formula is C15H17BrN2O2. The second-order valence-electron chi connectivity index (χ2n) is 4.92. The van der Waals surface area contributed by atoms with Crippen LogP contribution in [0.5, 0.6) is 0 Å². The van der Waals surface area contributed by atoms with Crippen molar-refractivity contribution in [2.45, 2.75) is 25.8 Å². The van der Waals surface area contributed by atoms with Gasteiger partial charge in [0.15, 0.2) is 0 Å². The third-order valence-corrected chi connectivity index (χ3v) is 3.62. The van der Waals surface area contributed by atoms with Crippen LogP contribution >= 0.6 is 15.9 Å². The van der Waals surface area contributed by atoms with Gasteiger partial charge in [0.1, 0.15) is 0 Å². The van der Waals surface area contributed by atoms with Crippen molar-refractivity contribution in [3.05, 3.63) is 39.9 Å². The van der Waals surface area contributed by atoms with Crippen LogP contribution < -0.4 is 10.6 Å². The Morgan fingerprint density at radius 3 is 2.80 bits per heavy atom. The van der Waals surface area contributed by atoms with Gasteiger partial charge in [-0.2, -0.15) is 0 Å². The fourth-order valence-electron chi connectivity index (χ4n) is 1.67. The van der Waals surface area contributed by atoms with E-state index in [0.29, 0.717) is 6.04 Å². The molecule has 5 heteroatoms. The molecule has 4 nitrogen and oxygen atoms in total. The Morgan fingerprint density at radius 1 is 1.40 bits per heavy atom. The Balaban J connectivity index is 1.80. The third kappa shape index (κ3) is 4.81. The molecule has 0 saturated heterocycles. The number of carbonyl (C=O) groups excluding carboxylic acids is 2. The molecule has 0 heterocycles. The summed E-state index contributed by atoms with van der Waals surface area (Å²) in [5, 5.41) is 5.38. The molecule has 2 amide bonds. The van der Waals surface area contributed by atoms with Crippen LogP contribution in [0.4, 0.5) is 0 Å². The van der Waals surface area contributed by atoms with Crippen LogP contribution in [0.15, 0.2) is 28.7 Å². The molecule has 0 bridgehead atoms. The summed E-state index contributed by atoms with van der Waals surface area (Å²) in [6.07, 6.45) is 5.24. The molecule has 1 fully saturated rings. The molecule has 0 spiro atoms. The van der Waals surface area contributed by atoms with E-state index in [9.17, 15) is 9.59 Å². The summed E-state index contributed by atoms with van der Waals surface area (Å²) in [6.45, 7) is 2.03. The van der Waals surface area contributed by atoms with Crippen LogP contribution in [0.25, 0.3) is 6.08 Å². The van der Waals surface area contributed by atoms with Gasteiger partial charge in [0.25, 0.3) is 0 Å². The molecule has 0 radical (unpaired) electrons. The zero-order valence-electron chi connectivity index (χ0n) is 11.3. The minimum Gasteiger partial charge on any atom is -0.352 e. The number of nitrogens with one attached hydrogen (secondary N) is 2. The second-order valence-corrected chi connectivity index (χ2v) is 5.77. The highest BCUT2D eigenvalue weighted by Crippen LogP contribution is 2.19. The molecule has 1 saturated carbocycles. The molecule has 0 aromatic heterocycles. The van der Waals surface area contributed by atoms with Crippen LogP contribution in [0.1, 0.15) is 24.0 Å². The van der Waals surface area contributed by atoms with Crippen molar-refractivity contribution in [1.82, 2.24) is 10.6 Å². The molecule has 0 unspecified atom stereocenters. The minimum atomic E-state index is -0.275. The Labute approximate surface area is 126 Å². The maximum absolute atomic E-state index is 11.6. The van der Waals surface area contributed by atoms with Gasteiger partial charge in [-0.3, -0.25) is 9.59 Å². The third-order valence-electron chi connectivity index (χ3n) is 2.94. The molecule has 2 N–H and O–H groups in total. The topological polar surface area (TPSA) is 58.2 Å². The number of hydrogen-bond acceptors (Lipinski definition) is 2. The zero-order valence-corrected chi connectivity index (χ0v) is 12.9. The lowest BCUT2D eigenvalue weighted by atomic mass is 10.1. The smallest absolute Gasteiger partial charge is 0.244 e. The quantitative estimate of drug-likeness (QED) is 0.809. The number of aryl methyl sites for hydroxylation is 1. The van der Waals surface area contributed by atoms with Gasteiger partial charge >= 0.3 is 0 Å². The number of carbonyl (C=O) groups is 2. The van der Waals surface area contributed by atoms with Crippen molar-refractivity contribution in [1.29, 1.82) is 0 Å². The summed E-state index contributed by atoms with van der Waals surface area (Å²) >= 11 is 3.45. The Hall–Kier alpha value is -1.62. The van der Waals surface area contributed by atoms with E-state index >= 15 is 0 Å². The molecule has 2 rings (SSSR count). The molecule has 106 valence electrons. The maximum atomic E-state index is 11.6. The molecule has 1 aliphatic carbocycles. The van der Waals surface area contributed by atoms with E-state index in [0.717, 1.165) is 28.4 Å². The van der Waals surface area contributed by atoms with E-state index in [1.165, 1.54) is 6.08 Å². The first-order valence-corrected chi connectivity index (χ1v) is 7.35. The van der Waals surface area contributed by atoms with Crippen LogP contribution in [0.3, 0.4) is 0 Å². The summed E-state index contributed by atoms with van der Waals surface area (Å²) in [5.41, 5.74) is 2.07. The van der Waals surface area contributed by atoms with E-state index in [1.54, 1.807) is 6.08 Å². The van der Waals surface area contributed by atoms with Crippen LogP contribution in [-0.2, 0) is 9.59 Å². The Kier molecular flexibility index (Phi) is 4.95. The minimum absolute atomic E-state index is 0.0226. The van der Waals surface area contributed by atoms with Crippen molar-refractivity contribution in [2.75, 3.05) is 6.54 Å². The van der Waals surface area contributed by atoms with E-state index in [4.69, 9.17) is 0 Å². The van der Waals surface area contributed by atoms with Crippen molar-refractivity contribution in [3.63, 3.8) is 0 Å². The molecule has 20 heavy (non-hydrogen) atoms. The fourth-order valence-corrected chi connectivity index (χ4v) is 2.29.